The molecule has 0 amide bonds. The first kappa shape index (κ1) is 13.0. The third-order valence-electron chi connectivity index (χ3n) is 2.22. The normalized spacial score (nSPS) is 10.5. The minimum Gasteiger partial charge on any atom is -0.496 e. The van der Waals surface area contributed by atoms with Gasteiger partial charge in [0.2, 0.25) is 0 Å². The SMILES string of the molecule is C=C(C)Cc1cc(/C=C/C(=O)O)ccc1OC. The summed E-state index contributed by atoms with van der Waals surface area (Å²) in [5.74, 6) is -0.164. The van der Waals surface area contributed by atoms with Crippen molar-refractivity contribution in [3.05, 3.63) is 47.6 Å². The number of ether oxygens (including phenoxy) is 1. The zero-order valence-electron chi connectivity index (χ0n) is 10.1. The zero-order valence-corrected chi connectivity index (χ0v) is 10.1. The molecule has 0 radical (unpaired) electrons. The molecule has 1 aromatic rings. The Balaban J connectivity index is 3.03. The topological polar surface area (TPSA) is 46.5 Å². The van der Waals surface area contributed by atoms with Crippen LogP contribution in [0.3, 0.4) is 0 Å². The molecule has 1 rings (SSSR count). The van der Waals surface area contributed by atoms with E-state index in [2.05, 4.69) is 6.58 Å². The van der Waals surface area contributed by atoms with Crippen LogP contribution in [0.5, 0.6) is 5.75 Å². The van der Waals surface area contributed by atoms with Crippen LogP contribution in [0.1, 0.15) is 18.1 Å². The third-order valence-corrected chi connectivity index (χ3v) is 2.22. The van der Waals surface area contributed by atoms with Gasteiger partial charge in [-0.25, -0.2) is 4.79 Å². The van der Waals surface area contributed by atoms with Gasteiger partial charge in [0.25, 0.3) is 0 Å². The maximum absolute atomic E-state index is 10.4. The van der Waals surface area contributed by atoms with Gasteiger partial charge in [-0.1, -0.05) is 18.2 Å². The highest BCUT2D eigenvalue weighted by molar-refractivity contribution is 5.85. The van der Waals surface area contributed by atoms with Crippen molar-refractivity contribution in [2.45, 2.75) is 13.3 Å². The molecule has 0 bridgehead atoms. The molecule has 0 fully saturated rings. The minimum absolute atomic E-state index is 0.720. The monoisotopic (exact) mass is 232 g/mol. The molecule has 0 aliphatic carbocycles. The number of allylic oxidation sites excluding steroid dienone is 1. The number of hydrogen-bond acceptors (Lipinski definition) is 2. The van der Waals surface area contributed by atoms with E-state index in [9.17, 15) is 4.79 Å². The Labute approximate surface area is 101 Å². The van der Waals surface area contributed by atoms with Gasteiger partial charge in [0.1, 0.15) is 5.75 Å². The van der Waals surface area contributed by atoms with E-state index in [0.29, 0.717) is 0 Å². The van der Waals surface area contributed by atoms with Crippen molar-refractivity contribution in [1.29, 1.82) is 0 Å². The van der Waals surface area contributed by atoms with Crippen LogP contribution in [0.25, 0.3) is 6.08 Å². The van der Waals surface area contributed by atoms with Crippen molar-refractivity contribution in [1.82, 2.24) is 0 Å². The predicted octanol–water partition coefficient (Wildman–Crippen LogP) is 2.91. The molecule has 0 atom stereocenters. The molecule has 0 spiro atoms. The molecule has 0 heterocycles. The summed E-state index contributed by atoms with van der Waals surface area (Å²) < 4.78 is 5.25. The number of benzene rings is 1. The van der Waals surface area contributed by atoms with E-state index in [-0.39, 0.29) is 0 Å². The first-order valence-corrected chi connectivity index (χ1v) is 5.25. The zero-order chi connectivity index (χ0) is 12.8. The Morgan fingerprint density at radius 1 is 1.53 bits per heavy atom. The number of methoxy groups -OCH3 is 1. The average molecular weight is 232 g/mol. The van der Waals surface area contributed by atoms with Gasteiger partial charge < -0.3 is 9.84 Å². The molecule has 0 unspecified atom stereocenters. The van der Waals surface area contributed by atoms with Gasteiger partial charge in [-0.15, -0.1) is 0 Å². The maximum atomic E-state index is 10.4. The molecule has 1 aromatic carbocycles. The lowest BCUT2D eigenvalue weighted by molar-refractivity contribution is -0.131. The van der Waals surface area contributed by atoms with Gasteiger partial charge in [0.05, 0.1) is 7.11 Å². The van der Waals surface area contributed by atoms with Crippen molar-refractivity contribution in [3.63, 3.8) is 0 Å². The number of rotatable bonds is 5. The lowest BCUT2D eigenvalue weighted by atomic mass is 10.0. The van der Waals surface area contributed by atoms with Crippen LogP contribution in [0.2, 0.25) is 0 Å². The highest BCUT2D eigenvalue weighted by Crippen LogP contribution is 2.23. The summed E-state index contributed by atoms with van der Waals surface area (Å²) in [6.07, 6.45) is 3.40. The van der Waals surface area contributed by atoms with Gasteiger partial charge in [0.15, 0.2) is 0 Å². The smallest absolute Gasteiger partial charge is 0.328 e. The van der Waals surface area contributed by atoms with Crippen molar-refractivity contribution >= 4 is 12.0 Å². The van der Waals surface area contributed by atoms with E-state index in [4.69, 9.17) is 9.84 Å². The minimum atomic E-state index is -0.956. The molecule has 1 N–H and O–H groups in total. The van der Waals surface area contributed by atoms with Crippen LogP contribution in [0.15, 0.2) is 36.4 Å². The number of carboxylic acid groups (broad SMARTS) is 1. The summed E-state index contributed by atoms with van der Waals surface area (Å²) in [5.41, 5.74) is 2.87. The van der Waals surface area contributed by atoms with Crippen LogP contribution in [-0.4, -0.2) is 18.2 Å². The summed E-state index contributed by atoms with van der Waals surface area (Å²) in [4.78, 5) is 10.4. The predicted molar refractivity (Wildman–Crippen MR) is 68.2 cm³/mol. The van der Waals surface area contributed by atoms with E-state index in [1.54, 1.807) is 13.2 Å². The van der Waals surface area contributed by atoms with Gasteiger partial charge in [0, 0.05) is 6.08 Å². The highest BCUT2D eigenvalue weighted by Gasteiger charge is 2.03. The van der Waals surface area contributed by atoms with Crippen molar-refractivity contribution in [2.24, 2.45) is 0 Å². The number of carbonyl (C=O) groups is 1. The fourth-order valence-corrected chi connectivity index (χ4v) is 1.53. The lowest BCUT2D eigenvalue weighted by Crippen LogP contribution is -1.94. The van der Waals surface area contributed by atoms with E-state index in [1.165, 1.54) is 0 Å². The lowest BCUT2D eigenvalue weighted by Gasteiger charge is -2.09. The van der Waals surface area contributed by atoms with E-state index < -0.39 is 5.97 Å². The van der Waals surface area contributed by atoms with Gasteiger partial charge >= 0.3 is 5.97 Å². The summed E-state index contributed by atoms with van der Waals surface area (Å²) in [6.45, 7) is 5.81. The standard InChI is InChI=1S/C14H16O3/c1-10(2)8-12-9-11(5-7-14(15)16)4-6-13(12)17-3/h4-7,9H,1,8H2,2-3H3,(H,15,16)/b7-5+. The molecule has 0 aliphatic rings. The molecule has 0 aromatic heterocycles. The van der Waals surface area contributed by atoms with Crippen LogP contribution >= 0.6 is 0 Å². The summed E-state index contributed by atoms with van der Waals surface area (Å²) in [7, 11) is 1.62. The molecule has 0 saturated heterocycles. The van der Waals surface area contributed by atoms with Gasteiger partial charge in [-0.05, 0) is 42.7 Å². The van der Waals surface area contributed by atoms with Crippen LogP contribution in [0.4, 0.5) is 0 Å². The van der Waals surface area contributed by atoms with E-state index in [0.717, 1.165) is 34.9 Å². The molecule has 0 saturated carbocycles. The second kappa shape index (κ2) is 5.89. The molecule has 90 valence electrons. The quantitative estimate of drug-likeness (QED) is 0.627. The Morgan fingerprint density at radius 3 is 2.76 bits per heavy atom. The fourth-order valence-electron chi connectivity index (χ4n) is 1.53. The third kappa shape index (κ3) is 4.15. The Hall–Kier alpha value is -2.03. The number of carboxylic acids is 1. The van der Waals surface area contributed by atoms with Crippen molar-refractivity contribution in [2.75, 3.05) is 7.11 Å². The molecule has 3 nitrogen and oxygen atoms in total. The van der Waals surface area contributed by atoms with Gasteiger partial charge in [-0.2, -0.15) is 0 Å². The second-order valence-corrected chi connectivity index (χ2v) is 3.88. The molecule has 3 heteroatoms. The van der Waals surface area contributed by atoms with Crippen molar-refractivity contribution in [3.8, 4) is 5.75 Å². The van der Waals surface area contributed by atoms with E-state index >= 15 is 0 Å². The Morgan fingerprint density at radius 2 is 2.24 bits per heavy atom. The van der Waals surface area contributed by atoms with Crippen molar-refractivity contribution < 1.29 is 14.6 Å². The Bertz CT molecular complexity index is 459. The van der Waals surface area contributed by atoms with E-state index in [1.807, 2.05) is 25.1 Å². The molecular formula is C14H16O3. The van der Waals surface area contributed by atoms with Crippen LogP contribution < -0.4 is 4.74 Å². The molecule has 0 aliphatic heterocycles. The van der Waals surface area contributed by atoms with Crippen LogP contribution in [-0.2, 0) is 11.2 Å². The summed E-state index contributed by atoms with van der Waals surface area (Å²) in [5, 5.41) is 8.56. The largest absolute Gasteiger partial charge is 0.496 e. The molecule has 17 heavy (non-hydrogen) atoms. The second-order valence-electron chi connectivity index (χ2n) is 3.88. The summed E-state index contributed by atoms with van der Waals surface area (Å²) in [6, 6.07) is 5.56. The van der Waals surface area contributed by atoms with Crippen LogP contribution in [0, 0.1) is 0 Å². The fraction of sp³-hybridized carbons (Fsp3) is 0.214. The number of aliphatic carboxylic acids is 1. The summed E-state index contributed by atoms with van der Waals surface area (Å²) >= 11 is 0. The maximum Gasteiger partial charge on any atom is 0.328 e. The Kier molecular flexibility index (Phi) is 4.52. The molecular weight excluding hydrogens is 216 g/mol. The average Bonchev–Trinajstić information content (AvgIpc) is 2.25. The first-order chi connectivity index (χ1) is 8.02. The number of hydrogen-bond donors (Lipinski definition) is 1. The first-order valence-electron chi connectivity index (χ1n) is 5.25. The highest BCUT2D eigenvalue weighted by atomic mass is 16.5. The van der Waals surface area contributed by atoms with Gasteiger partial charge in [-0.3, -0.25) is 0 Å².